The van der Waals surface area contributed by atoms with Crippen LogP contribution < -0.4 is 10.5 Å². The van der Waals surface area contributed by atoms with E-state index >= 15 is 0 Å². The van der Waals surface area contributed by atoms with E-state index in [1.54, 1.807) is 51.1 Å². The second-order valence-corrected chi connectivity index (χ2v) is 13.9. The second kappa shape index (κ2) is 14.1. The zero-order valence-electron chi connectivity index (χ0n) is 26.5. The number of carbonyl (C=O) groups excluding carboxylic acids is 2. The molecule has 0 radical (unpaired) electrons. The number of pyridine rings is 1. The maximum absolute atomic E-state index is 14.2. The van der Waals surface area contributed by atoms with Crippen LogP contribution in [0, 0.1) is 0 Å². The Morgan fingerprint density at radius 2 is 1.53 bits per heavy atom. The molecule has 0 aliphatic heterocycles. The van der Waals surface area contributed by atoms with E-state index in [-0.39, 0.29) is 17.0 Å². The van der Waals surface area contributed by atoms with Gasteiger partial charge in [-0.1, -0.05) is 60.7 Å². The van der Waals surface area contributed by atoms with Gasteiger partial charge < -0.3 is 20.3 Å². The predicted molar refractivity (Wildman–Crippen MR) is 175 cm³/mol. The number of hydrogen-bond acceptors (Lipinski definition) is 9. The summed E-state index contributed by atoms with van der Waals surface area (Å²) in [5, 5.41) is 9.41. The lowest BCUT2D eigenvalue weighted by molar-refractivity contribution is -0.137. The van der Waals surface area contributed by atoms with Crippen molar-refractivity contribution in [1.29, 1.82) is 0 Å². The molecule has 47 heavy (non-hydrogen) atoms. The Morgan fingerprint density at radius 1 is 0.872 bits per heavy atom. The normalized spacial score (nSPS) is 12.9. The number of carbonyl (C=O) groups is 3. The van der Waals surface area contributed by atoms with Crippen LogP contribution in [0.15, 0.2) is 102 Å². The van der Waals surface area contributed by atoms with Gasteiger partial charge in [-0.05, 0) is 80.8 Å². The fourth-order valence-corrected chi connectivity index (χ4v) is 6.46. The smallest absolute Gasteiger partial charge is 0.417 e. The minimum Gasteiger partial charge on any atom is -0.494 e. The molecule has 0 fully saturated rings. The Balaban J connectivity index is 1.77. The Morgan fingerprint density at radius 3 is 2.15 bits per heavy atom. The van der Waals surface area contributed by atoms with E-state index in [4.69, 9.17) is 15.2 Å². The number of ether oxygens (including phenoxy) is 2. The largest absolute Gasteiger partial charge is 0.494 e. The Bertz CT molecular complexity index is 1860. The summed E-state index contributed by atoms with van der Waals surface area (Å²) in [6, 6.07) is 26.4. The van der Waals surface area contributed by atoms with Gasteiger partial charge in [0.1, 0.15) is 23.6 Å². The van der Waals surface area contributed by atoms with E-state index in [2.05, 4.69) is 4.98 Å². The standard InChI is InChI=1S/C35H37N3O8S/c1-5-45-27-12-9-11-26(21-27)25-19-17-24(18-20-25)22-35(36,47(43,44)28-13-7-6-8-14-28)30-16-10-15-29(37-30)32(41)38(23-31(39)40)33(42)46-34(2,3)4/h6-21H,5,22-23,36H2,1-4H3,(H,39,40). The molecule has 0 aliphatic carbocycles. The van der Waals surface area contributed by atoms with Crippen LogP contribution in [-0.2, 0) is 30.7 Å². The van der Waals surface area contributed by atoms with Crippen LogP contribution in [0.2, 0.25) is 0 Å². The SMILES string of the molecule is CCOc1cccc(-c2ccc(CC(N)(c3cccc(C(=O)N(CC(=O)O)C(=O)OC(C)(C)C)n3)S(=O)(=O)c3ccccc3)cc2)c1. The lowest BCUT2D eigenvalue weighted by atomic mass is 9.99. The molecule has 0 aliphatic rings. The number of rotatable bonds is 11. The van der Waals surface area contributed by atoms with Crippen LogP contribution in [-0.4, -0.2) is 60.1 Å². The molecule has 0 saturated carbocycles. The van der Waals surface area contributed by atoms with Crippen molar-refractivity contribution in [1.82, 2.24) is 9.88 Å². The lowest BCUT2D eigenvalue weighted by Crippen LogP contribution is -2.48. The van der Waals surface area contributed by atoms with Gasteiger partial charge in [0.2, 0.25) is 9.84 Å². The van der Waals surface area contributed by atoms with Gasteiger partial charge >= 0.3 is 12.1 Å². The summed E-state index contributed by atoms with van der Waals surface area (Å²) in [4.78, 5) is 40.4. The Labute approximate surface area is 273 Å². The summed E-state index contributed by atoms with van der Waals surface area (Å²) >= 11 is 0. The van der Waals surface area contributed by atoms with E-state index in [9.17, 15) is 27.9 Å². The zero-order valence-corrected chi connectivity index (χ0v) is 27.4. The maximum Gasteiger partial charge on any atom is 0.417 e. The first-order chi connectivity index (χ1) is 22.1. The van der Waals surface area contributed by atoms with Crippen LogP contribution in [0.3, 0.4) is 0 Å². The second-order valence-electron chi connectivity index (χ2n) is 11.7. The van der Waals surface area contributed by atoms with Gasteiger partial charge in [-0.25, -0.2) is 23.1 Å². The van der Waals surface area contributed by atoms with Gasteiger partial charge in [-0.2, -0.15) is 0 Å². The molecule has 11 nitrogen and oxygen atoms in total. The van der Waals surface area contributed by atoms with E-state index in [1.165, 1.54) is 30.3 Å². The average molecular weight is 660 g/mol. The van der Waals surface area contributed by atoms with E-state index in [0.29, 0.717) is 17.1 Å². The first-order valence-electron chi connectivity index (χ1n) is 14.8. The van der Waals surface area contributed by atoms with E-state index in [0.717, 1.165) is 16.9 Å². The van der Waals surface area contributed by atoms with Crippen molar-refractivity contribution < 1.29 is 37.4 Å². The predicted octanol–water partition coefficient (Wildman–Crippen LogP) is 5.44. The molecule has 246 valence electrons. The number of carboxylic acids is 1. The van der Waals surface area contributed by atoms with Crippen molar-refractivity contribution in [3.05, 3.63) is 114 Å². The maximum atomic E-state index is 14.2. The molecule has 0 bridgehead atoms. The summed E-state index contributed by atoms with van der Waals surface area (Å²) in [6.45, 7) is 6.11. The molecule has 1 unspecified atom stereocenters. The molecular formula is C35H37N3O8S. The summed E-state index contributed by atoms with van der Waals surface area (Å²) in [5.41, 5.74) is 7.60. The average Bonchev–Trinajstić information content (AvgIpc) is 3.03. The summed E-state index contributed by atoms with van der Waals surface area (Å²) in [5.74, 6) is -1.84. The molecule has 1 atom stereocenters. The molecule has 3 N–H and O–H groups in total. The van der Waals surface area contributed by atoms with Gasteiger partial charge in [0.05, 0.1) is 17.2 Å². The number of aromatic nitrogens is 1. The van der Waals surface area contributed by atoms with Gasteiger partial charge in [0.15, 0.2) is 4.87 Å². The molecule has 0 spiro atoms. The molecule has 2 amide bonds. The van der Waals surface area contributed by atoms with Gasteiger partial charge in [-0.15, -0.1) is 0 Å². The van der Waals surface area contributed by atoms with Crippen LogP contribution >= 0.6 is 0 Å². The molecule has 4 aromatic rings. The van der Waals surface area contributed by atoms with Crippen molar-refractivity contribution in [2.75, 3.05) is 13.2 Å². The summed E-state index contributed by atoms with van der Waals surface area (Å²) in [6.07, 6.45) is -1.43. The quantitative estimate of drug-likeness (QED) is 0.212. The molecule has 0 saturated heterocycles. The highest BCUT2D eigenvalue weighted by Gasteiger charge is 2.45. The Kier molecular flexibility index (Phi) is 10.5. The van der Waals surface area contributed by atoms with Crippen molar-refractivity contribution in [2.24, 2.45) is 5.73 Å². The highest BCUT2D eigenvalue weighted by Crippen LogP contribution is 2.34. The van der Waals surface area contributed by atoms with E-state index < -0.39 is 50.5 Å². The third kappa shape index (κ3) is 8.21. The molecular weight excluding hydrogens is 622 g/mol. The van der Waals surface area contributed by atoms with Crippen LogP contribution in [0.4, 0.5) is 4.79 Å². The number of carboxylic acid groups (broad SMARTS) is 1. The number of benzene rings is 3. The van der Waals surface area contributed by atoms with Crippen molar-refractivity contribution in [3.8, 4) is 16.9 Å². The molecule has 1 heterocycles. The molecule has 12 heteroatoms. The first kappa shape index (κ1) is 34.8. The molecule has 1 aromatic heterocycles. The fourth-order valence-electron chi connectivity index (χ4n) is 4.78. The highest BCUT2D eigenvalue weighted by atomic mass is 32.2. The topological polar surface area (TPSA) is 166 Å². The molecule has 3 aromatic carbocycles. The zero-order chi connectivity index (χ0) is 34.4. The van der Waals surface area contributed by atoms with Crippen molar-refractivity contribution >= 4 is 27.8 Å². The van der Waals surface area contributed by atoms with Gasteiger partial charge in [0, 0.05) is 6.42 Å². The van der Waals surface area contributed by atoms with E-state index in [1.807, 2.05) is 43.3 Å². The minimum atomic E-state index is -4.36. The summed E-state index contributed by atoms with van der Waals surface area (Å²) in [7, 11) is -4.36. The fraction of sp³-hybridized carbons (Fsp3) is 0.257. The number of amides is 2. The lowest BCUT2D eigenvalue weighted by Gasteiger charge is -2.30. The number of nitrogens with zero attached hydrogens (tertiary/aromatic N) is 2. The number of hydrogen-bond donors (Lipinski definition) is 2. The number of aliphatic carboxylic acids is 1. The number of imide groups is 1. The monoisotopic (exact) mass is 659 g/mol. The van der Waals surface area contributed by atoms with Crippen molar-refractivity contribution in [2.45, 2.75) is 49.5 Å². The molecule has 4 rings (SSSR count). The summed E-state index contributed by atoms with van der Waals surface area (Å²) < 4.78 is 39.3. The third-order valence-corrected chi connectivity index (χ3v) is 9.19. The highest BCUT2D eigenvalue weighted by molar-refractivity contribution is 7.92. The Hall–Kier alpha value is -5.07. The van der Waals surface area contributed by atoms with Crippen molar-refractivity contribution in [3.63, 3.8) is 0 Å². The van der Waals surface area contributed by atoms with Gasteiger partial charge in [0.25, 0.3) is 5.91 Å². The van der Waals surface area contributed by atoms with Gasteiger partial charge in [-0.3, -0.25) is 9.59 Å². The van der Waals surface area contributed by atoms with Crippen LogP contribution in [0.5, 0.6) is 5.75 Å². The third-order valence-electron chi connectivity index (χ3n) is 6.99. The number of nitrogens with two attached hydrogens (primary N) is 1. The number of sulfone groups is 1. The first-order valence-corrected chi connectivity index (χ1v) is 16.3. The minimum absolute atomic E-state index is 0.0633. The van der Waals surface area contributed by atoms with Crippen LogP contribution in [0.25, 0.3) is 11.1 Å². The van der Waals surface area contributed by atoms with Crippen LogP contribution in [0.1, 0.15) is 49.4 Å².